The molecule has 1 fully saturated rings. The molecule has 2 atom stereocenters. The van der Waals surface area contributed by atoms with Crippen LogP contribution in [0, 0.1) is 23.1 Å². The molecule has 13 heavy (non-hydrogen) atoms. The maximum absolute atomic E-state index is 12.6. The van der Waals surface area contributed by atoms with Crippen LogP contribution in [-0.4, -0.2) is 0 Å². The fourth-order valence-electron chi connectivity index (χ4n) is 1.79. The minimum atomic E-state index is -0.326. The largest absolute Gasteiger partial charge is 0.207 e. The van der Waals surface area contributed by atoms with Crippen molar-refractivity contribution in [2.45, 2.75) is 18.8 Å². The predicted octanol–water partition coefficient (Wildman–Crippen LogP) is 2.63. The van der Waals surface area contributed by atoms with Crippen molar-refractivity contribution in [2.75, 3.05) is 0 Å². The third-order valence-corrected chi connectivity index (χ3v) is 2.87. The van der Waals surface area contributed by atoms with Gasteiger partial charge in [-0.25, -0.2) is 4.39 Å². The third-order valence-electron chi connectivity index (χ3n) is 2.87. The molecule has 2 rings (SSSR count). The van der Waals surface area contributed by atoms with E-state index in [4.69, 9.17) is 5.26 Å². The van der Waals surface area contributed by atoms with Crippen molar-refractivity contribution in [3.05, 3.63) is 35.6 Å². The molecule has 0 aliphatic heterocycles. The number of hydrogen-bond acceptors (Lipinski definition) is 1. The van der Waals surface area contributed by atoms with Crippen LogP contribution in [0.4, 0.5) is 4.39 Å². The highest BCUT2D eigenvalue weighted by molar-refractivity contribution is 5.40. The topological polar surface area (TPSA) is 23.8 Å². The summed E-state index contributed by atoms with van der Waals surface area (Å²) in [6.45, 7) is 2.05. The van der Waals surface area contributed by atoms with Gasteiger partial charge in [0.2, 0.25) is 0 Å². The smallest absolute Gasteiger partial charge is 0.123 e. The SMILES string of the molecule is CC1CC1(C#N)c1ccc(F)cc1. The molecule has 0 radical (unpaired) electrons. The van der Waals surface area contributed by atoms with Gasteiger partial charge in [0, 0.05) is 0 Å². The molecule has 1 aromatic carbocycles. The van der Waals surface area contributed by atoms with Gasteiger partial charge in [-0.05, 0) is 30.0 Å². The van der Waals surface area contributed by atoms with Crippen molar-refractivity contribution in [3.63, 3.8) is 0 Å². The van der Waals surface area contributed by atoms with Gasteiger partial charge in [-0.3, -0.25) is 0 Å². The molecule has 0 heterocycles. The van der Waals surface area contributed by atoms with Gasteiger partial charge in [0.05, 0.1) is 11.5 Å². The van der Waals surface area contributed by atoms with Crippen LogP contribution in [0.15, 0.2) is 24.3 Å². The average Bonchev–Trinajstić information content (AvgIpc) is 2.79. The molecule has 2 unspecified atom stereocenters. The lowest BCUT2D eigenvalue weighted by molar-refractivity contribution is 0.625. The highest BCUT2D eigenvalue weighted by atomic mass is 19.1. The van der Waals surface area contributed by atoms with Crippen molar-refractivity contribution in [1.29, 1.82) is 5.26 Å². The van der Waals surface area contributed by atoms with E-state index in [-0.39, 0.29) is 11.2 Å². The lowest BCUT2D eigenvalue weighted by Crippen LogP contribution is -2.05. The first-order chi connectivity index (χ1) is 6.19. The zero-order valence-electron chi connectivity index (χ0n) is 7.42. The minimum Gasteiger partial charge on any atom is -0.207 e. The fraction of sp³-hybridized carbons (Fsp3) is 0.364. The van der Waals surface area contributed by atoms with E-state index in [1.54, 1.807) is 12.1 Å². The van der Waals surface area contributed by atoms with E-state index >= 15 is 0 Å². The fourth-order valence-corrected chi connectivity index (χ4v) is 1.79. The van der Waals surface area contributed by atoms with E-state index in [0.29, 0.717) is 5.92 Å². The molecular weight excluding hydrogens is 165 g/mol. The first kappa shape index (κ1) is 8.25. The highest BCUT2D eigenvalue weighted by Crippen LogP contribution is 2.53. The maximum atomic E-state index is 12.6. The summed E-state index contributed by atoms with van der Waals surface area (Å²) in [7, 11) is 0. The normalized spacial score (nSPS) is 31.0. The number of rotatable bonds is 1. The van der Waals surface area contributed by atoms with Gasteiger partial charge >= 0.3 is 0 Å². The van der Waals surface area contributed by atoms with E-state index in [0.717, 1.165) is 12.0 Å². The molecule has 0 bridgehead atoms. The zero-order chi connectivity index (χ0) is 9.47. The Balaban J connectivity index is 2.38. The lowest BCUT2D eigenvalue weighted by Gasteiger charge is -2.06. The predicted molar refractivity (Wildman–Crippen MR) is 47.5 cm³/mol. The van der Waals surface area contributed by atoms with Crippen molar-refractivity contribution in [2.24, 2.45) is 5.92 Å². The van der Waals surface area contributed by atoms with Crippen molar-refractivity contribution in [1.82, 2.24) is 0 Å². The Bertz CT molecular complexity index is 363. The van der Waals surface area contributed by atoms with Gasteiger partial charge < -0.3 is 0 Å². The van der Waals surface area contributed by atoms with Crippen molar-refractivity contribution in [3.8, 4) is 6.07 Å². The Morgan fingerprint density at radius 2 is 2.00 bits per heavy atom. The number of nitrogens with zero attached hydrogens (tertiary/aromatic N) is 1. The molecule has 66 valence electrons. The van der Waals surface area contributed by atoms with E-state index in [9.17, 15) is 4.39 Å². The summed E-state index contributed by atoms with van der Waals surface area (Å²) in [5.74, 6) is 0.160. The molecule has 1 nitrogen and oxygen atoms in total. The Hall–Kier alpha value is -1.36. The number of benzene rings is 1. The summed E-state index contributed by atoms with van der Waals surface area (Å²) < 4.78 is 12.6. The van der Waals surface area contributed by atoms with Crippen LogP contribution < -0.4 is 0 Å². The molecular formula is C11H10FN. The third kappa shape index (κ3) is 1.12. The number of halogens is 1. The Morgan fingerprint density at radius 1 is 1.46 bits per heavy atom. The van der Waals surface area contributed by atoms with Gasteiger partial charge in [0.25, 0.3) is 0 Å². The molecule has 0 saturated heterocycles. The molecule has 1 aromatic rings. The molecule has 1 aliphatic carbocycles. The Labute approximate surface area is 76.8 Å². The van der Waals surface area contributed by atoms with Crippen LogP contribution in [0.25, 0.3) is 0 Å². The molecule has 0 spiro atoms. The van der Waals surface area contributed by atoms with Gasteiger partial charge in [0.1, 0.15) is 5.82 Å². The standard InChI is InChI=1S/C11H10FN/c1-8-6-11(8,7-13)9-2-4-10(12)5-3-9/h2-5,8H,6H2,1H3. The van der Waals surface area contributed by atoms with Crippen LogP contribution in [0.5, 0.6) is 0 Å². The maximum Gasteiger partial charge on any atom is 0.123 e. The first-order valence-corrected chi connectivity index (χ1v) is 4.36. The molecule has 2 heteroatoms. The summed E-state index contributed by atoms with van der Waals surface area (Å²) in [5, 5.41) is 9.01. The van der Waals surface area contributed by atoms with Crippen molar-refractivity contribution >= 4 is 0 Å². The molecule has 1 saturated carbocycles. The summed E-state index contributed by atoms with van der Waals surface area (Å²) in [6.07, 6.45) is 0.898. The molecule has 0 N–H and O–H groups in total. The van der Waals surface area contributed by atoms with Gasteiger partial charge in [0.15, 0.2) is 0 Å². The zero-order valence-corrected chi connectivity index (χ0v) is 7.42. The molecule has 1 aliphatic rings. The van der Waals surface area contributed by atoms with E-state index in [2.05, 4.69) is 6.07 Å². The average molecular weight is 175 g/mol. The first-order valence-electron chi connectivity index (χ1n) is 4.36. The van der Waals surface area contributed by atoms with Crippen molar-refractivity contribution < 1.29 is 4.39 Å². The van der Waals surface area contributed by atoms with Crippen LogP contribution in [0.3, 0.4) is 0 Å². The monoisotopic (exact) mass is 175 g/mol. The van der Waals surface area contributed by atoms with Gasteiger partial charge in [-0.15, -0.1) is 0 Å². The lowest BCUT2D eigenvalue weighted by atomic mass is 9.95. The second-order valence-corrected chi connectivity index (χ2v) is 3.70. The van der Waals surface area contributed by atoms with E-state index < -0.39 is 0 Å². The van der Waals surface area contributed by atoms with Gasteiger partial charge in [-0.1, -0.05) is 19.1 Å². The minimum absolute atomic E-state index is 0.245. The summed E-state index contributed by atoms with van der Waals surface area (Å²) in [5.41, 5.74) is 0.622. The second kappa shape index (κ2) is 2.56. The summed E-state index contributed by atoms with van der Waals surface area (Å²) in [4.78, 5) is 0. The summed E-state index contributed by atoms with van der Waals surface area (Å²) in [6, 6.07) is 8.57. The summed E-state index contributed by atoms with van der Waals surface area (Å²) >= 11 is 0. The van der Waals surface area contributed by atoms with E-state index in [1.807, 2.05) is 6.92 Å². The van der Waals surface area contributed by atoms with Gasteiger partial charge in [-0.2, -0.15) is 5.26 Å². The highest BCUT2D eigenvalue weighted by Gasteiger charge is 2.53. The molecule has 0 amide bonds. The Morgan fingerprint density at radius 3 is 2.38 bits per heavy atom. The number of hydrogen-bond donors (Lipinski definition) is 0. The number of nitriles is 1. The van der Waals surface area contributed by atoms with Crippen LogP contribution in [-0.2, 0) is 5.41 Å². The molecule has 0 aromatic heterocycles. The van der Waals surface area contributed by atoms with Crippen LogP contribution >= 0.6 is 0 Å². The Kier molecular flexibility index (Phi) is 1.63. The quantitative estimate of drug-likeness (QED) is 0.643. The van der Waals surface area contributed by atoms with Crippen LogP contribution in [0.1, 0.15) is 18.9 Å². The van der Waals surface area contributed by atoms with E-state index in [1.165, 1.54) is 12.1 Å². The van der Waals surface area contributed by atoms with Crippen LogP contribution in [0.2, 0.25) is 0 Å². The second-order valence-electron chi connectivity index (χ2n) is 3.70.